The van der Waals surface area contributed by atoms with E-state index < -0.39 is 20.7 Å². The van der Waals surface area contributed by atoms with Crippen LogP contribution in [0.4, 0.5) is 20.3 Å². The minimum atomic E-state index is -4.00. The number of thiophene rings is 1. The number of amides is 4. The molecule has 170 valence electrons. The van der Waals surface area contributed by atoms with Crippen LogP contribution in [0.25, 0.3) is 0 Å². The molecule has 4 amide bonds. The molecule has 10 heteroatoms. The lowest BCUT2D eigenvalue weighted by Crippen LogP contribution is -2.47. The number of fused-ring (bicyclic) bond motifs is 1. The van der Waals surface area contributed by atoms with Crippen LogP contribution >= 0.6 is 11.3 Å². The standard InChI is InChI=1S/C23H22N4O4S2/c1-15-11-20(32-13-15)25-22(29)27-10-9-16-12-18(7-8-19(16)27)33(30,31)23(14-24-21(28)26-23)17-5-3-2-4-6-17/h2-8,11-13H,9-10,14H2,1H3,(H,25,29)(H2,24,26,28). The molecule has 0 radical (unpaired) electrons. The van der Waals surface area contributed by atoms with Gasteiger partial charge in [0.05, 0.1) is 16.4 Å². The molecule has 2 aliphatic heterocycles. The first-order valence-electron chi connectivity index (χ1n) is 10.4. The van der Waals surface area contributed by atoms with Gasteiger partial charge in [-0.2, -0.15) is 0 Å². The Morgan fingerprint density at radius 2 is 1.94 bits per heavy atom. The van der Waals surface area contributed by atoms with Crippen LogP contribution in [0, 0.1) is 6.92 Å². The number of hydrogen-bond donors (Lipinski definition) is 3. The Balaban J connectivity index is 1.47. The quantitative estimate of drug-likeness (QED) is 0.528. The third-order valence-corrected chi connectivity index (χ3v) is 9.21. The first-order valence-corrected chi connectivity index (χ1v) is 12.8. The topological polar surface area (TPSA) is 108 Å². The molecule has 0 saturated carbocycles. The maximum atomic E-state index is 13.8. The number of anilines is 2. The van der Waals surface area contributed by atoms with Crippen molar-refractivity contribution in [3.05, 3.63) is 76.7 Å². The monoisotopic (exact) mass is 482 g/mol. The highest BCUT2D eigenvalue weighted by Crippen LogP contribution is 2.38. The van der Waals surface area contributed by atoms with E-state index >= 15 is 0 Å². The molecule has 1 unspecified atom stereocenters. The Labute approximate surface area is 195 Å². The largest absolute Gasteiger partial charge is 0.334 e. The van der Waals surface area contributed by atoms with Gasteiger partial charge in [-0.3, -0.25) is 10.2 Å². The Morgan fingerprint density at radius 3 is 2.61 bits per heavy atom. The maximum absolute atomic E-state index is 13.8. The fraction of sp³-hybridized carbons (Fsp3) is 0.217. The summed E-state index contributed by atoms with van der Waals surface area (Å²) < 4.78 is 27.6. The Kier molecular flexibility index (Phi) is 5.13. The van der Waals surface area contributed by atoms with Gasteiger partial charge in [0.25, 0.3) is 0 Å². The highest BCUT2D eigenvalue weighted by Gasteiger charge is 2.51. The van der Waals surface area contributed by atoms with E-state index in [-0.39, 0.29) is 17.5 Å². The van der Waals surface area contributed by atoms with Crippen molar-refractivity contribution >= 4 is 43.9 Å². The maximum Gasteiger partial charge on any atom is 0.326 e. The zero-order valence-electron chi connectivity index (χ0n) is 17.8. The highest BCUT2D eigenvalue weighted by molar-refractivity contribution is 7.92. The van der Waals surface area contributed by atoms with Crippen LogP contribution < -0.4 is 20.9 Å². The summed E-state index contributed by atoms with van der Waals surface area (Å²) in [6, 6.07) is 14.6. The average Bonchev–Trinajstić information content (AvgIpc) is 3.52. The van der Waals surface area contributed by atoms with Crippen LogP contribution in [0.3, 0.4) is 0 Å². The highest BCUT2D eigenvalue weighted by atomic mass is 32.2. The number of nitrogens with one attached hydrogen (secondary N) is 3. The van der Waals surface area contributed by atoms with Crippen molar-refractivity contribution in [3.8, 4) is 0 Å². The van der Waals surface area contributed by atoms with E-state index in [4.69, 9.17) is 0 Å². The third-order valence-electron chi connectivity index (χ3n) is 5.97. The van der Waals surface area contributed by atoms with Crippen LogP contribution in [-0.2, 0) is 21.1 Å². The number of benzene rings is 2. The number of sulfone groups is 1. The van der Waals surface area contributed by atoms with E-state index in [1.165, 1.54) is 17.4 Å². The second kappa shape index (κ2) is 7.89. The van der Waals surface area contributed by atoms with E-state index in [1.54, 1.807) is 47.4 Å². The number of rotatable bonds is 4. The van der Waals surface area contributed by atoms with Gasteiger partial charge in [0.15, 0.2) is 4.87 Å². The minimum absolute atomic E-state index is 0.0793. The molecule has 3 aromatic rings. The molecule has 1 atom stereocenters. The predicted octanol–water partition coefficient (Wildman–Crippen LogP) is 3.59. The smallest absolute Gasteiger partial charge is 0.326 e. The second-order valence-electron chi connectivity index (χ2n) is 8.11. The zero-order chi connectivity index (χ0) is 23.2. The first kappa shape index (κ1) is 21.5. The summed E-state index contributed by atoms with van der Waals surface area (Å²) in [6.07, 6.45) is 0.540. The summed E-state index contributed by atoms with van der Waals surface area (Å²) in [5, 5.41) is 10.9. The van der Waals surface area contributed by atoms with Crippen LogP contribution in [0.1, 0.15) is 16.7 Å². The number of carbonyl (C=O) groups excluding carboxylic acids is 2. The lowest BCUT2D eigenvalue weighted by molar-refractivity contribution is 0.246. The van der Waals surface area contributed by atoms with Gasteiger partial charge in [-0.05, 0) is 59.7 Å². The summed E-state index contributed by atoms with van der Waals surface area (Å²) >= 11 is 1.46. The molecular formula is C23H22N4O4S2. The van der Waals surface area contributed by atoms with Gasteiger partial charge >= 0.3 is 12.1 Å². The molecule has 1 fully saturated rings. The number of hydrogen-bond acceptors (Lipinski definition) is 5. The van der Waals surface area contributed by atoms with Crippen LogP contribution in [0.15, 0.2) is 64.9 Å². The number of carbonyl (C=O) groups is 2. The van der Waals surface area contributed by atoms with Gasteiger partial charge in [-0.25, -0.2) is 18.0 Å². The lowest BCUT2D eigenvalue weighted by atomic mass is 10.1. The molecule has 0 spiro atoms. The summed E-state index contributed by atoms with van der Waals surface area (Å²) in [5.41, 5.74) is 3.01. The van der Waals surface area contributed by atoms with Crippen LogP contribution in [-0.4, -0.2) is 33.6 Å². The molecule has 0 aliphatic carbocycles. The molecule has 2 aromatic carbocycles. The Morgan fingerprint density at radius 1 is 1.15 bits per heavy atom. The fourth-order valence-corrected chi connectivity index (χ4v) is 6.97. The van der Waals surface area contributed by atoms with Gasteiger partial charge in [0, 0.05) is 12.2 Å². The zero-order valence-corrected chi connectivity index (χ0v) is 19.4. The van der Waals surface area contributed by atoms with Crippen molar-refractivity contribution in [3.63, 3.8) is 0 Å². The van der Waals surface area contributed by atoms with Gasteiger partial charge in [0.1, 0.15) is 0 Å². The summed E-state index contributed by atoms with van der Waals surface area (Å²) in [5.74, 6) is 0. The van der Waals surface area contributed by atoms with Gasteiger partial charge in [-0.15, -0.1) is 11.3 Å². The van der Waals surface area contributed by atoms with E-state index in [1.807, 2.05) is 18.4 Å². The molecule has 5 rings (SSSR count). The predicted molar refractivity (Wildman–Crippen MR) is 127 cm³/mol. The molecular weight excluding hydrogens is 460 g/mol. The molecule has 3 N–H and O–H groups in total. The Bertz CT molecular complexity index is 1350. The van der Waals surface area contributed by atoms with Gasteiger partial charge in [0.2, 0.25) is 9.84 Å². The van der Waals surface area contributed by atoms with E-state index in [9.17, 15) is 18.0 Å². The van der Waals surface area contributed by atoms with E-state index in [0.717, 1.165) is 16.1 Å². The lowest BCUT2D eigenvalue weighted by Gasteiger charge is -2.28. The van der Waals surface area contributed by atoms with E-state index in [0.29, 0.717) is 24.2 Å². The fourth-order valence-electron chi connectivity index (χ4n) is 4.30. The van der Waals surface area contributed by atoms with Gasteiger partial charge < -0.3 is 10.6 Å². The third kappa shape index (κ3) is 3.55. The minimum Gasteiger partial charge on any atom is -0.334 e. The molecule has 3 heterocycles. The molecule has 1 aromatic heterocycles. The van der Waals surface area contributed by atoms with Crippen molar-refractivity contribution in [2.75, 3.05) is 23.3 Å². The average molecular weight is 483 g/mol. The first-order chi connectivity index (χ1) is 15.8. The number of aryl methyl sites for hydroxylation is 1. The van der Waals surface area contributed by atoms with Crippen molar-refractivity contribution in [1.29, 1.82) is 0 Å². The normalized spacial score (nSPS) is 19.7. The van der Waals surface area contributed by atoms with Gasteiger partial charge in [-0.1, -0.05) is 30.3 Å². The van der Waals surface area contributed by atoms with Crippen molar-refractivity contribution in [2.45, 2.75) is 23.1 Å². The number of urea groups is 2. The second-order valence-corrected chi connectivity index (χ2v) is 11.2. The van der Waals surface area contributed by atoms with Crippen molar-refractivity contribution in [1.82, 2.24) is 10.6 Å². The Hall–Kier alpha value is -3.37. The summed E-state index contributed by atoms with van der Waals surface area (Å²) in [4.78, 5) is 24.9. The molecule has 1 saturated heterocycles. The molecule has 8 nitrogen and oxygen atoms in total. The molecule has 2 aliphatic rings. The van der Waals surface area contributed by atoms with E-state index in [2.05, 4.69) is 16.0 Å². The van der Waals surface area contributed by atoms with Crippen molar-refractivity contribution in [2.24, 2.45) is 0 Å². The number of nitrogens with zero attached hydrogens (tertiary/aromatic N) is 1. The molecule has 0 bridgehead atoms. The SMILES string of the molecule is Cc1csc(NC(=O)N2CCc3cc(S(=O)(=O)C4(c5ccccc5)CNC(=O)N4)ccc32)c1. The molecule has 33 heavy (non-hydrogen) atoms. The van der Waals surface area contributed by atoms with Crippen LogP contribution in [0.5, 0.6) is 0 Å². The van der Waals surface area contributed by atoms with Crippen LogP contribution in [0.2, 0.25) is 0 Å². The van der Waals surface area contributed by atoms with Crippen molar-refractivity contribution < 1.29 is 18.0 Å². The summed E-state index contributed by atoms with van der Waals surface area (Å²) in [7, 11) is -4.00. The summed E-state index contributed by atoms with van der Waals surface area (Å²) in [6.45, 7) is 2.34.